The minimum absolute atomic E-state index is 0.0872. The van der Waals surface area contributed by atoms with Gasteiger partial charge in [0.2, 0.25) is 5.91 Å². The highest BCUT2D eigenvalue weighted by atomic mass is 31.2. The SMILES string of the molecule is O=C(O)CCNC(=O)[C@H](Cc1ccc(-c2ccccc2)cc1)N(CP(=O)(O)O)c1ccccc1. The number of benzene rings is 3. The molecule has 1 atom stereocenters. The van der Waals surface area contributed by atoms with E-state index in [9.17, 15) is 23.9 Å². The number of hydrogen-bond acceptors (Lipinski definition) is 4. The minimum atomic E-state index is -4.52. The number of nitrogens with zero attached hydrogens (tertiary/aromatic N) is 1. The van der Waals surface area contributed by atoms with Gasteiger partial charge in [-0.25, -0.2) is 0 Å². The molecule has 0 bridgehead atoms. The summed E-state index contributed by atoms with van der Waals surface area (Å²) in [7, 11) is -4.52. The molecule has 0 aliphatic heterocycles. The third-order valence-corrected chi connectivity index (χ3v) is 5.90. The molecule has 4 N–H and O–H groups in total. The molecule has 0 fully saturated rings. The summed E-state index contributed by atoms with van der Waals surface area (Å²) >= 11 is 0. The van der Waals surface area contributed by atoms with Crippen LogP contribution in [0.2, 0.25) is 0 Å². The Hall–Kier alpha value is -3.45. The molecule has 1 amide bonds. The smallest absolute Gasteiger partial charge is 0.344 e. The van der Waals surface area contributed by atoms with Gasteiger partial charge in [0.25, 0.3) is 0 Å². The van der Waals surface area contributed by atoms with Gasteiger partial charge in [-0.1, -0.05) is 72.8 Å². The van der Waals surface area contributed by atoms with E-state index >= 15 is 0 Å². The number of hydrogen-bond donors (Lipinski definition) is 4. The highest BCUT2D eigenvalue weighted by Crippen LogP contribution is 2.38. The van der Waals surface area contributed by atoms with Crippen LogP contribution in [0, 0.1) is 0 Å². The van der Waals surface area contributed by atoms with Gasteiger partial charge >= 0.3 is 13.6 Å². The lowest BCUT2D eigenvalue weighted by Crippen LogP contribution is -2.49. The van der Waals surface area contributed by atoms with Gasteiger partial charge in [-0.05, 0) is 28.8 Å². The second-order valence-corrected chi connectivity index (χ2v) is 9.44. The average molecular weight is 482 g/mol. The van der Waals surface area contributed by atoms with Crippen LogP contribution in [-0.4, -0.2) is 45.6 Å². The van der Waals surface area contributed by atoms with E-state index in [2.05, 4.69) is 5.32 Å². The number of para-hydroxylation sites is 1. The molecule has 34 heavy (non-hydrogen) atoms. The van der Waals surface area contributed by atoms with E-state index in [-0.39, 0.29) is 19.4 Å². The molecule has 0 aliphatic rings. The maximum Gasteiger partial charge on any atom is 0.344 e. The van der Waals surface area contributed by atoms with Gasteiger partial charge in [0.1, 0.15) is 12.3 Å². The molecule has 0 aliphatic carbocycles. The number of rotatable bonds is 11. The van der Waals surface area contributed by atoms with E-state index in [4.69, 9.17) is 5.11 Å². The van der Waals surface area contributed by atoms with E-state index in [0.717, 1.165) is 16.7 Å². The van der Waals surface area contributed by atoms with Gasteiger partial charge in [0.15, 0.2) is 0 Å². The second-order valence-electron chi connectivity index (χ2n) is 7.83. The molecule has 0 unspecified atom stereocenters. The highest BCUT2D eigenvalue weighted by molar-refractivity contribution is 7.51. The molecule has 0 spiro atoms. The first-order valence-corrected chi connectivity index (χ1v) is 12.5. The molecule has 9 heteroatoms. The van der Waals surface area contributed by atoms with Crippen LogP contribution < -0.4 is 10.2 Å². The number of carboxylic acid groups (broad SMARTS) is 1. The molecule has 3 aromatic carbocycles. The first kappa shape index (κ1) is 25.2. The summed E-state index contributed by atoms with van der Waals surface area (Å²) in [5.41, 5.74) is 3.32. The normalized spacial score (nSPS) is 12.1. The van der Waals surface area contributed by atoms with E-state index in [1.165, 1.54) is 4.90 Å². The minimum Gasteiger partial charge on any atom is -0.481 e. The number of carbonyl (C=O) groups is 2. The molecule has 0 radical (unpaired) electrons. The molecule has 8 nitrogen and oxygen atoms in total. The third kappa shape index (κ3) is 7.56. The van der Waals surface area contributed by atoms with E-state index < -0.39 is 31.8 Å². The maximum absolute atomic E-state index is 13.1. The van der Waals surface area contributed by atoms with Crippen molar-refractivity contribution >= 4 is 25.2 Å². The van der Waals surface area contributed by atoms with Crippen LogP contribution >= 0.6 is 7.60 Å². The number of carboxylic acids is 1. The van der Waals surface area contributed by atoms with Gasteiger partial charge < -0.3 is 25.1 Å². The second kappa shape index (κ2) is 11.6. The molecule has 3 rings (SSSR count). The Balaban J connectivity index is 1.91. The Bertz CT molecular complexity index is 1130. The third-order valence-electron chi connectivity index (χ3n) is 5.23. The molecule has 178 valence electrons. The van der Waals surface area contributed by atoms with Crippen molar-refractivity contribution in [3.05, 3.63) is 90.5 Å². The fraction of sp³-hybridized carbons (Fsp3) is 0.200. The molecular weight excluding hydrogens is 455 g/mol. The van der Waals surface area contributed by atoms with Crippen molar-refractivity contribution in [2.24, 2.45) is 0 Å². The topological polar surface area (TPSA) is 127 Å². The lowest BCUT2D eigenvalue weighted by Gasteiger charge is -2.33. The van der Waals surface area contributed by atoms with Gasteiger partial charge in [-0.3, -0.25) is 14.2 Å². The number of nitrogens with one attached hydrogen (secondary N) is 1. The molecule has 0 saturated carbocycles. The summed E-state index contributed by atoms with van der Waals surface area (Å²) < 4.78 is 11.9. The molecule has 0 heterocycles. The molecular formula is C25H27N2O6P. The standard InChI is InChI=1S/C25H27N2O6P/c28-24(29)15-16-26-25(30)23(27(18-34(31,32)33)22-9-5-2-6-10-22)17-19-11-13-21(14-12-19)20-7-3-1-4-8-20/h1-14,23H,15-18H2,(H,26,30)(H,28,29)(H2,31,32,33)/t23-/m0/s1. The average Bonchev–Trinajstić information content (AvgIpc) is 2.82. The van der Waals surface area contributed by atoms with Crippen LogP contribution in [0.25, 0.3) is 11.1 Å². The van der Waals surface area contributed by atoms with Crippen LogP contribution in [0.5, 0.6) is 0 Å². The van der Waals surface area contributed by atoms with Crippen molar-refractivity contribution < 1.29 is 29.0 Å². The van der Waals surface area contributed by atoms with Crippen LogP contribution in [0.1, 0.15) is 12.0 Å². The van der Waals surface area contributed by atoms with E-state index in [0.29, 0.717) is 5.69 Å². The number of carbonyl (C=O) groups excluding carboxylic acids is 1. The Morgan fingerprint density at radius 3 is 1.97 bits per heavy atom. The molecule has 0 aromatic heterocycles. The summed E-state index contributed by atoms with van der Waals surface area (Å²) in [5, 5.41) is 11.5. The summed E-state index contributed by atoms with van der Waals surface area (Å²) in [6.45, 7) is -0.0872. The predicted octanol–water partition coefficient (Wildman–Crippen LogP) is 3.50. The maximum atomic E-state index is 13.1. The fourth-order valence-electron chi connectivity index (χ4n) is 3.62. The Morgan fingerprint density at radius 1 is 0.853 bits per heavy atom. The van der Waals surface area contributed by atoms with Crippen molar-refractivity contribution in [3.8, 4) is 11.1 Å². The summed E-state index contributed by atoms with van der Waals surface area (Å²) in [5.74, 6) is -1.56. The first-order valence-electron chi connectivity index (χ1n) is 10.7. The zero-order valence-corrected chi connectivity index (χ0v) is 19.3. The van der Waals surface area contributed by atoms with E-state index in [1.54, 1.807) is 30.3 Å². The van der Waals surface area contributed by atoms with Crippen molar-refractivity contribution in [2.45, 2.75) is 18.9 Å². The lowest BCUT2D eigenvalue weighted by molar-refractivity contribution is -0.136. The monoisotopic (exact) mass is 482 g/mol. The zero-order valence-electron chi connectivity index (χ0n) is 18.4. The number of aliphatic carboxylic acids is 1. The van der Waals surface area contributed by atoms with Crippen LogP contribution in [-0.2, 0) is 20.6 Å². The van der Waals surface area contributed by atoms with Crippen molar-refractivity contribution in [2.75, 3.05) is 17.7 Å². The lowest BCUT2D eigenvalue weighted by atomic mass is 9.99. The van der Waals surface area contributed by atoms with Gasteiger partial charge in [0, 0.05) is 18.7 Å². The van der Waals surface area contributed by atoms with E-state index in [1.807, 2.05) is 54.6 Å². The van der Waals surface area contributed by atoms with Crippen LogP contribution in [0.4, 0.5) is 5.69 Å². The largest absolute Gasteiger partial charge is 0.481 e. The number of amides is 1. The first-order chi connectivity index (χ1) is 16.2. The Labute approximate surface area is 198 Å². The van der Waals surface area contributed by atoms with Gasteiger partial charge in [0.05, 0.1) is 6.42 Å². The Morgan fingerprint density at radius 2 is 1.41 bits per heavy atom. The summed E-state index contributed by atoms with van der Waals surface area (Å²) in [6.07, 6.45) is -0.743. The quantitative estimate of drug-likeness (QED) is 0.308. The Kier molecular flexibility index (Phi) is 8.60. The van der Waals surface area contributed by atoms with Crippen LogP contribution in [0.3, 0.4) is 0 Å². The van der Waals surface area contributed by atoms with Gasteiger partial charge in [-0.15, -0.1) is 0 Å². The van der Waals surface area contributed by atoms with Gasteiger partial charge in [-0.2, -0.15) is 0 Å². The fourth-order valence-corrected chi connectivity index (χ4v) is 4.38. The predicted molar refractivity (Wildman–Crippen MR) is 130 cm³/mol. The zero-order chi connectivity index (χ0) is 24.6. The number of anilines is 1. The van der Waals surface area contributed by atoms with Crippen molar-refractivity contribution in [1.82, 2.24) is 5.32 Å². The van der Waals surface area contributed by atoms with Crippen molar-refractivity contribution in [3.63, 3.8) is 0 Å². The van der Waals surface area contributed by atoms with Crippen molar-refractivity contribution in [1.29, 1.82) is 0 Å². The van der Waals surface area contributed by atoms with Crippen LogP contribution in [0.15, 0.2) is 84.9 Å². The highest BCUT2D eigenvalue weighted by Gasteiger charge is 2.31. The molecule has 3 aromatic rings. The summed E-state index contributed by atoms with van der Waals surface area (Å²) in [4.78, 5) is 44.8. The summed E-state index contributed by atoms with van der Waals surface area (Å²) in [6, 6.07) is 25.0. The molecule has 0 saturated heterocycles.